The molecule has 0 saturated carbocycles. The van der Waals surface area contributed by atoms with E-state index in [1.807, 2.05) is 30.3 Å². The third-order valence-corrected chi connectivity index (χ3v) is 3.20. The molecule has 0 saturated heterocycles. The molecule has 1 N–H and O–H groups in total. The summed E-state index contributed by atoms with van der Waals surface area (Å²) in [5, 5.41) is 3.85. The van der Waals surface area contributed by atoms with Gasteiger partial charge < -0.3 is 5.32 Å². The van der Waals surface area contributed by atoms with Crippen LogP contribution in [0.4, 0.5) is 5.82 Å². The van der Waals surface area contributed by atoms with Crippen molar-refractivity contribution >= 4 is 17.4 Å². The Balaban J connectivity index is 2.11. The molecular formula is C13H12ClN3. The first-order valence-corrected chi connectivity index (χ1v) is 6.08. The van der Waals surface area contributed by atoms with Crippen LogP contribution >= 0.6 is 11.6 Å². The highest BCUT2D eigenvalue weighted by atomic mass is 35.5. The predicted molar refractivity (Wildman–Crippen MR) is 69.3 cm³/mol. The van der Waals surface area contributed by atoms with Crippen molar-refractivity contribution in [3.8, 4) is 11.4 Å². The minimum Gasteiger partial charge on any atom is -0.370 e. The monoisotopic (exact) mass is 245 g/mol. The average molecular weight is 246 g/mol. The quantitative estimate of drug-likeness (QED) is 0.785. The van der Waals surface area contributed by atoms with Crippen LogP contribution in [0.1, 0.15) is 12.0 Å². The number of anilines is 1. The van der Waals surface area contributed by atoms with Gasteiger partial charge in [0, 0.05) is 17.7 Å². The van der Waals surface area contributed by atoms with Gasteiger partial charge in [-0.15, -0.1) is 0 Å². The zero-order valence-corrected chi connectivity index (χ0v) is 10.0. The van der Waals surface area contributed by atoms with Gasteiger partial charge in [-0.25, -0.2) is 9.97 Å². The molecule has 1 aliphatic rings. The number of hydrogen-bond donors (Lipinski definition) is 1. The summed E-state index contributed by atoms with van der Waals surface area (Å²) in [5.41, 5.74) is 2.03. The Bertz CT molecular complexity index is 540. The molecular weight excluding hydrogens is 234 g/mol. The summed E-state index contributed by atoms with van der Waals surface area (Å²) >= 11 is 6.21. The molecule has 0 spiro atoms. The fourth-order valence-electron chi connectivity index (χ4n) is 2.01. The number of hydrogen-bond acceptors (Lipinski definition) is 3. The Morgan fingerprint density at radius 1 is 1.12 bits per heavy atom. The summed E-state index contributed by atoms with van der Waals surface area (Å²) < 4.78 is 0. The lowest BCUT2D eigenvalue weighted by atomic mass is 10.1. The summed E-state index contributed by atoms with van der Waals surface area (Å²) in [6, 6.07) is 9.89. The maximum atomic E-state index is 6.21. The van der Waals surface area contributed by atoms with E-state index in [1.165, 1.54) is 0 Å². The van der Waals surface area contributed by atoms with Crippen molar-refractivity contribution in [2.24, 2.45) is 0 Å². The number of nitrogens with one attached hydrogen (secondary N) is 1. The molecule has 1 aromatic heterocycles. The van der Waals surface area contributed by atoms with Gasteiger partial charge in [0.25, 0.3) is 0 Å². The zero-order valence-electron chi connectivity index (χ0n) is 9.28. The van der Waals surface area contributed by atoms with Crippen LogP contribution in [-0.2, 0) is 6.42 Å². The van der Waals surface area contributed by atoms with Crippen molar-refractivity contribution in [3.63, 3.8) is 0 Å². The lowest BCUT2D eigenvalue weighted by molar-refractivity contribution is 0.810. The first-order valence-electron chi connectivity index (χ1n) is 5.70. The number of benzene rings is 1. The lowest BCUT2D eigenvalue weighted by Gasteiger charge is -2.18. The Morgan fingerprint density at radius 2 is 1.94 bits per heavy atom. The van der Waals surface area contributed by atoms with E-state index in [4.69, 9.17) is 11.6 Å². The van der Waals surface area contributed by atoms with Gasteiger partial charge in [-0.05, 0) is 12.8 Å². The van der Waals surface area contributed by atoms with E-state index in [0.717, 1.165) is 36.3 Å². The van der Waals surface area contributed by atoms with Gasteiger partial charge in [0.2, 0.25) is 0 Å². The summed E-state index contributed by atoms with van der Waals surface area (Å²) in [6.45, 7) is 0.953. The number of aromatic nitrogens is 2. The highest BCUT2D eigenvalue weighted by molar-refractivity contribution is 6.30. The molecule has 86 valence electrons. The SMILES string of the molecule is Clc1nc(-c2ccccc2)nc2c1CCCN2. The van der Waals surface area contributed by atoms with E-state index in [2.05, 4.69) is 15.3 Å². The smallest absolute Gasteiger partial charge is 0.163 e. The molecule has 0 atom stereocenters. The molecule has 0 fully saturated rings. The minimum absolute atomic E-state index is 0.570. The zero-order chi connectivity index (χ0) is 11.7. The predicted octanol–water partition coefficient (Wildman–Crippen LogP) is 3.16. The van der Waals surface area contributed by atoms with Crippen molar-refractivity contribution in [2.75, 3.05) is 11.9 Å². The second-order valence-corrected chi connectivity index (χ2v) is 4.42. The van der Waals surface area contributed by atoms with Gasteiger partial charge in [0.15, 0.2) is 5.82 Å². The molecule has 0 aliphatic carbocycles. The van der Waals surface area contributed by atoms with Crippen molar-refractivity contribution in [1.29, 1.82) is 0 Å². The molecule has 3 rings (SSSR count). The molecule has 1 aromatic carbocycles. The summed E-state index contributed by atoms with van der Waals surface area (Å²) in [7, 11) is 0. The summed E-state index contributed by atoms with van der Waals surface area (Å²) in [4.78, 5) is 8.91. The topological polar surface area (TPSA) is 37.8 Å². The van der Waals surface area contributed by atoms with Gasteiger partial charge >= 0.3 is 0 Å². The van der Waals surface area contributed by atoms with Gasteiger partial charge in [-0.3, -0.25) is 0 Å². The highest BCUT2D eigenvalue weighted by Gasteiger charge is 2.16. The third kappa shape index (κ3) is 1.98. The molecule has 0 radical (unpaired) electrons. The normalized spacial score (nSPS) is 13.9. The van der Waals surface area contributed by atoms with Crippen LogP contribution in [0.15, 0.2) is 30.3 Å². The van der Waals surface area contributed by atoms with E-state index in [1.54, 1.807) is 0 Å². The van der Waals surface area contributed by atoms with E-state index in [9.17, 15) is 0 Å². The lowest BCUT2D eigenvalue weighted by Crippen LogP contribution is -2.15. The maximum absolute atomic E-state index is 6.21. The molecule has 2 aromatic rings. The standard InChI is InChI=1S/C13H12ClN3/c14-11-10-7-4-8-15-13(10)17-12(16-11)9-5-2-1-3-6-9/h1-3,5-6H,4,7-8H2,(H,15,16,17). The number of fused-ring (bicyclic) bond motifs is 1. The molecule has 1 aliphatic heterocycles. The number of halogens is 1. The molecule has 2 heterocycles. The second-order valence-electron chi connectivity index (χ2n) is 4.06. The van der Waals surface area contributed by atoms with Gasteiger partial charge in [0.1, 0.15) is 11.0 Å². The Hall–Kier alpha value is -1.61. The molecule has 4 heteroatoms. The highest BCUT2D eigenvalue weighted by Crippen LogP contribution is 2.28. The number of nitrogens with zero attached hydrogens (tertiary/aromatic N) is 2. The number of rotatable bonds is 1. The van der Waals surface area contributed by atoms with Crippen LogP contribution in [0.2, 0.25) is 5.15 Å². The molecule has 0 amide bonds. The third-order valence-electron chi connectivity index (χ3n) is 2.88. The van der Waals surface area contributed by atoms with Gasteiger partial charge in [0.05, 0.1) is 0 Å². The van der Waals surface area contributed by atoms with E-state index in [-0.39, 0.29) is 0 Å². The Morgan fingerprint density at radius 3 is 2.76 bits per heavy atom. The molecule has 0 bridgehead atoms. The van der Waals surface area contributed by atoms with Crippen LogP contribution in [0.3, 0.4) is 0 Å². The van der Waals surface area contributed by atoms with Crippen LogP contribution in [-0.4, -0.2) is 16.5 Å². The van der Waals surface area contributed by atoms with Crippen LogP contribution in [0, 0.1) is 0 Å². The van der Waals surface area contributed by atoms with E-state index < -0.39 is 0 Å². The molecule has 3 nitrogen and oxygen atoms in total. The van der Waals surface area contributed by atoms with Crippen molar-refractivity contribution in [3.05, 3.63) is 41.0 Å². The summed E-state index contributed by atoms with van der Waals surface area (Å²) in [5.74, 6) is 1.57. The molecule has 17 heavy (non-hydrogen) atoms. The summed E-state index contributed by atoms with van der Waals surface area (Å²) in [6.07, 6.45) is 2.04. The van der Waals surface area contributed by atoms with Gasteiger partial charge in [-0.1, -0.05) is 41.9 Å². The Kier molecular flexibility index (Phi) is 2.69. The largest absolute Gasteiger partial charge is 0.370 e. The van der Waals surface area contributed by atoms with Crippen LogP contribution in [0.5, 0.6) is 0 Å². The first kappa shape index (κ1) is 10.5. The van der Waals surface area contributed by atoms with Crippen molar-refractivity contribution in [2.45, 2.75) is 12.8 Å². The molecule has 0 unspecified atom stereocenters. The fraction of sp³-hybridized carbons (Fsp3) is 0.231. The first-order chi connectivity index (χ1) is 8.34. The van der Waals surface area contributed by atoms with Crippen molar-refractivity contribution in [1.82, 2.24) is 9.97 Å². The minimum atomic E-state index is 0.570. The van der Waals surface area contributed by atoms with Crippen LogP contribution < -0.4 is 5.32 Å². The Labute approximate surface area is 105 Å². The van der Waals surface area contributed by atoms with Gasteiger partial charge in [-0.2, -0.15) is 0 Å². The van der Waals surface area contributed by atoms with E-state index >= 15 is 0 Å². The fourth-order valence-corrected chi connectivity index (χ4v) is 2.28. The second kappa shape index (κ2) is 4.34. The average Bonchev–Trinajstić information content (AvgIpc) is 2.40. The van der Waals surface area contributed by atoms with Crippen molar-refractivity contribution < 1.29 is 0 Å². The maximum Gasteiger partial charge on any atom is 0.163 e. The van der Waals surface area contributed by atoms with E-state index in [0.29, 0.717) is 11.0 Å². The van der Waals surface area contributed by atoms with Crippen LogP contribution in [0.25, 0.3) is 11.4 Å².